The monoisotopic (exact) mass is 1280 g/mol. The van der Waals surface area contributed by atoms with Gasteiger partial charge in [-0.2, -0.15) is 0 Å². The number of hydrogen-bond donors (Lipinski definition) is 16. The lowest BCUT2D eigenvalue weighted by molar-refractivity contribution is -0.372. The summed E-state index contributed by atoms with van der Waals surface area (Å²) in [6, 6.07) is 0. The second-order valence-electron chi connectivity index (χ2n) is 28.5. The third-order valence-electron chi connectivity index (χ3n) is 22.9. The molecule has 5 saturated heterocycles. The van der Waals surface area contributed by atoms with Gasteiger partial charge in [-0.3, -0.25) is 9.59 Å². The maximum Gasteiger partial charge on any atom is 0.335 e. The first-order chi connectivity index (χ1) is 41.6. The molecular formula is C59H92O30. The van der Waals surface area contributed by atoms with Crippen molar-refractivity contribution in [1.82, 2.24) is 0 Å². The number of ether oxygens (including phenoxy) is 11. The molecule has 16 N–H and O–H groups in total. The largest absolute Gasteiger partial charge is 0.479 e. The van der Waals surface area contributed by atoms with Gasteiger partial charge in [-0.25, -0.2) is 4.79 Å². The van der Waals surface area contributed by atoms with Crippen molar-refractivity contribution in [3.8, 4) is 0 Å². The molecule has 0 aromatic heterocycles. The molecule has 5 aliphatic heterocycles. The quantitative estimate of drug-likeness (QED) is 0.0416. The Morgan fingerprint density at radius 3 is 1.88 bits per heavy atom. The molecular weight excluding hydrogens is 1190 g/mol. The van der Waals surface area contributed by atoms with Gasteiger partial charge in [0.25, 0.3) is 0 Å². The van der Waals surface area contributed by atoms with Crippen LogP contribution in [0.5, 0.6) is 0 Å². The van der Waals surface area contributed by atoms with Crippen molar-refractivity contribution in [2.45, 2.75) is 247 Å². The van der Waals surface area contributed by atoms with Crippen LogP contribution in [-0.2, 0) is 66.5 Å². The average Bonchev–Trinajstić information content (AvgIpc) is 0.965. The number of allylic oxidation sites excluding steroid dienone is 2. The SMILES string of the molecule is CC(=O)O[C@H]1[C@@H](O)[C@H](O[C@H]2[C@H](OC(=O)[C@]34CCC(C)(C)C[C@H]3C3=CC[C@@H]5[C@@]6(C)C[C@H](O)[C@H](O[C@@H]7O[C@H](C(=O)O)[C@@H](O)[C@H](O)[C@H]7O)C(CO)(CO)[C@@H]6CC[C@@]5(C)[C@]3(C)C[C@H]4O)OC[C@H](O)[C@@H]2O)O[C@@H](C)[C@@H]1O[C@@H]1OC[C@@H](O)[C@H](O[C@@H]2OC[C@](O)(CO)[C@H]2O)[C@H]1O. The fraction of sp³-hybridized carbons (Fsp3) is 0.915. The van der Waals surface area contributed by atoms with E-state index in [-0.39, 0.29) is 30.6 Å². The van der Waals surface area contributed by atoms with Crippen LogP contribution in [0.1, 0.15) is 99.8 Å². The standard InChI is InChI=1S/C59H92O30/c1-23-39(84-47-37(72)40(29(66)18-79-47)85-51-44(74)58(78,21-62)22-81-51)41(83-24(2)63)38(73)49(82-23)87-43-33(68)28(65)17-80-50(43)89-52(77)59-13-12-53(3,4)14-26(59)25-8-9-30-54(5)15-27(64)45(88-48-36(71)34(69)35(70)42(86-48)46(75)76)57(19-60,20-61)31(54)10-11-55(30,6)56(25,7)16-32(59)67/h8,23,26-45,47-51,60-62,64-74,78H,9-22H2,1-7H3,(H,75,76)/t23-,26-,27-,28-,29+,30+,31+,32+,33-,34-,35-,36+,37+,38+,39-,40-,41-,42-,43+,44-,45-,47-,48-,49-,50-,51-,54+,55+,56+,58+,59+/m0/s1. The fourth-order valence-electron chi connectivity index (χ4n) is 17.7. The minimum atomic E-state index is -2.10. The molecule has 4 saturated carbocycles. The van der Waals surface area contributed by atoms with Gasteiger partial charge < -0.3 is 134 Å². The van der Waals surface area contributed by atoms with Crippen LogP contribution in [0.3, 0.4) is 0 Å². The first-order valence-corrected chi connectivity index (χ1v) is 30.8. The third-order valence-corrected chi connectivity index (χ3v) is 22.9. The minimum absolute atomic E-state index is 0.0217. The fourth-order valence-corrected chi connectivity index (χ4v) is 17.7. The normalized spacial score (nSPS) is 52.0. The van der Waals surface area contributed by atoms with Crippen molar-refractivity contribution in [2.24, 2.45) is 50.2 Å². The molecule has 31 atom stereocenters. The highest BCUT2D eigenvalue weighted by atomic mass is 16.8. The Labute approximate surface area is 513 Å². The van der Waals surface area contributed by atoms with Crippen LogP contribution in [0, 0.1) is 50.2 Å². The number of carbonyl (C=O) groups is 3. The van der Waals surface area contributed by atoms with E-state index in [1.54, 1.807) is 0 Å². The van der Waals surface area contributed by atoms with Crippen LogP contribution < -0.4 is 0 Å². The van der Waals surface area contributed by atoms with Gasteiger partial charge in [0, 0.05) is 12.3 Å². The predicted molar refractivity (Wildman–Crippen MR) is 292 cm³/mol. The second-order valence-corrected chi connectivity index (χ2v) is 28.5. The van der Waals surface area contributed by atoms with Crippen LogP contribution >= 0.6 is 0 Å². The molecule has 0 aromatic rings. The Hall–Kier alpha value is -2.81. The van der Waals surface area contributed by atoms with Crippen molar-refractivity contribution >= 4 is 17.9 Å². The summed E-state index contributed by atoms with van der Waals surface area (Å²) in [5.74, 6) is -5.05. The molecule has 5 heterocycles. The summed E-state index contributed by atoms with van der Waals surface area (Å²) >= 11 is 0. The second kappa shape index (κ2) is 25.1. The molecule has 0 spiro atoms. The summed E-state index contributed by atoms with van der Waals surface area (Å²) in [5.41, 5.74) is -7.30. The van der Waals surface area contributed by atoms with E-state index in [0.717, 1.165) is 12.5 Å². The van der Waals surface area contributed by atoms with Gasteiger partial charge in [-0.05, 0) is 97.7 Å². The van der Waals surface area contributed by atoms with E-state index in [2.05, 4.69) is 33.8 Å². The zero-order chi connectivity index (χ0) is 65.2. The van der Waals surface area contributed by atoms with Gasteiger partial charge in [-0.15, -0.1) is 0 Å². The maximum absolute atomic E-state index is 15.5. The van der Waals surface area contributed by atoms with E-state index in [0.29, 0.717) is 32.1 Å². The number of aliphatic carboxylic acids is 1. The molecule has 5 aliphatic carbocycles. The number of esters is 2. The number of aliphatic hydroxyl groups excluding tert-OH is 14. The van der Waals surface area contributed by atoms with Crippen LogP contribution in [0.2, 0.25) is 0 Å². The van der Waals surface area contributed by atoms with Gasteiger partial charge in [0.2, 0.25) is 6.29 Å². The number of carboxylic acid groups (broad SMARTS) is 1. The summed E-state index contributed by atoms with van der Waals surface area (Å²) in [5, 5.41) is 177. The number of carbonyl (C=O) groups excluding carboxylic acids is 2. The van der Waals surface area contributed by atoms with Crippen molar-refractivity contribution in [1.29, 1.82) is 0 Å². The van der Waals surface area contributed by atoms with E-state index >= 15 is 4.79 Å². The number of carboxylic acids is 1. The van der Waals surface area contributed by atoms with Crippen LogP contribution in [0.25, 0.3) is 0 Å². The van der Waals surface area contributed by atoms with Crippen molar-refractivity contribution in [3.63, 3.8) is 0 Å². The lowest BCUT2D eigenvalue weighted by Crippen LogP contribution is -2.72. The van der Waals surface area contributed by atoms with Crippen LogP contribution in [0.15, 0.2) is 11.6 Å². The molecule has 30 nitrogen and oxygen atoms in total. The molecule has 0 amide bonds. The van der Waals surface area contributed by atoms with Crippen molar-refractivity contribution < 1.29 is 148 Å². The third kappa shape index (κ3) is 11.3. The minimum Gasteiger partial charge on any atom is -0.479 e. The first-order valence-electron chi connectivity index (χ1n) is 30.8. The van der Waals surface area contributed by atoms with Gasteiger partial charge in [0.15, 0.2) is 43.5 Å². The molecule has 10 aliphatic rings. The van der Waals surface area contributed by atoms with Gasteiger partial charge in [0.05, 0.1) is 64.1 Å². The average molecular weight is 1280 g/mol. The molecule has 0 radical (unpaired) electrons. The molecule has 89 heavy (non-hydrogen) atoms. The Morgan fingerprint density at radius 1 is 0.607 bits per heavy atom. The lowest BCUT2D eigenvalue weighted by atomic mass is 9.33. The number of hydrogen-bond acceptors (Lipinski definition) is 29. The highest BCUT2D eigenvalue weighted by molar-refractivity contribution is 5.80. The summed E-state index contributed by atoms with van der Waals surface area (Å²) in [6.45, 7) is 8.75. The molecule has 10 rings (SSSR count). The molecule has 0 unspecified atom stereocenters. The van der Waals surface area contributed by atoms with E-state index in [1.807, 2.05) is 6.92 Å². The Balaban J connectivity index is 0.884. The van der Waals surface area contributed by atoms with Gasteiger partial charge in [-0.1, -0.05) is 46.3 Å². The Morgan fingerprint density at radius 2 is 1.24 bits per heavy atom. The molecule has 9 fully saturated rings. The highest BCUT2D eigenvalue weighted by Crippen LogP contribution is 2.76. The highest BCUT2D eigenvalue weighted by Gasteiger charge is 2.74. The van der Waals surface area contributed by atoms with Crippen LogP contribution in [0.4, 0.5) is 0 Å². The zero-order valence-corrected chi connectivity index (χ0v) is 50.9. The van der Waals surface area contributed by atoms with Crippen molar-refractivity contribution in [2.75, 3.05) is 39.6 Å². The predicted octanol–water partition coefficient (Wildman–Crippen LogP) is -4.72. The maximum atomic E-state index is 15.5. The summed E-state index contributed by atoms with van der Waals surface area (Å²) in [6.07, 6.45) is -35.6. The zero-order valence-electron chi connectivity index (χ0n) is 50.9. The summed E-state index contributed by atoms with van der Waals surface area (Å²) < 4.78 is 64.3. The number of rotatable bonds is 15. The lowest BCUT2D eigenvalue weighted by Gasteiger charge is -2.72. The van der Waals surface area contributed by atoms with Crippen LogP contribution in [-0.4, -0.2) is 286 Å². The Bertz CT molecular complexity index is 2590. The molecule has 0 bridgehead atoms. The van der Waals surface area contributed by atoms with E-state index in [4.69, 9.17) is 52.1 Å². The van der Waals surface area contributed by atoms with E-state index in [1.165, 1.54) is 6.92 Å². The topological polar surface area (TPSA) is 476 Å². The number of fused-ring (bicyclic) bond motifs is 7. The molecule has 0 aromatic carbocycles. The number of aliphatic hydroxyl groups is 15. The van der Waals surface area contributed by atoms with Gasteiger partial charge >= 0.3 is 17.9 Å². The summed E-state index contributed by atoms with van der Waals surface area (Å²) in [4.78, 5) is 40.2. The van der Waals surface area contributed by atoms with E-state index in [9.17, 15) is 91.3 Å². The molecule has 30 heteroatoms. The van der Waals surface area contributed by atoms with Gasteiger partial charge in [0.1, 0.15) is 78.2 Å². The first kappa shape index (κ1) is 69.0. The van der Waals surface area contributed by atoms with E-state index < -0.39 is 243 Å². The van der Waals surface area contributed by atoms with Crippen molar-refractivity contribution in [3.05, 3.63) is 11.6 Å². The summed E-state index contributed by atoms with van der Waals surface area (Å²) in [7, 11) is 0. The molecule has 508 valence electrons. The Kier molecular flexibility index (Phi) is 19.4. The smallest absolute Gasteiger partial charge is 0.335 e.